The zero-order chi connectivity index (χ0) is 19.4. The molecule has 0 aliphatic carbocycles. The van der Waals surface area contributed by atoms with Gasteiger partial charge in [-0.1, -0.05) is 44.2 Å². The van der Waals surface area contributed by atoms with Crippen LogP contribution in [0.25, 0.3) is 5.52 Å². The van der Waals surface area contributed by atoms with Crippen molar-refractivity contribution in [1.29, 1.82) is 0 Å². The maximum Gasteiger partial charge on any atom is 0.210 e. The first kappa shape index (κ1) is 19.0. The molecule has 27 heavy (non-hydrogen) atoms. The fourth-order valence-electron chi connectivity index (χ4n) is 3.09. The Labute approximate surface area is 157 Å². The molecule has 2 aromatic heterocycles. The third-order valence-electron chi connectivity index (χ3n) is 4.77. The number of nitrogen functional groups attached to an aromatic ring is 1. The molecule has 7 heteroatoms. The van der Waals surface area contributed by atoms with Gasteiger partial charge in [-0.3, -0.25) is 4.79 Å². The lowest BCUT2D eigenvalue weighted by Crippen LogP contribution is -2.38. The molecule has 0 saturated carbocycles. The Kier molecular flexibility index (Phi) is 5.83. The van der Waals surface area contributed by atoms with Crippen molar-refractivity contribution in [3.63, 3.8) is 0 Å². The highest BCUT2D eigenvalue weighted by molar-refractivity contribution is 5.99. The first-order valence-corrected chi connectivity index (χ1v) is 8.99. The number of benzene rings is 1. The number of aromatic nitrogens is 3. The average molecular weight is 368 g/mol. The second-order valence-electron chi connectivity index (χ2n) is 6.58. The Balaban J connectivity index is 1.90. The van der Waals surface area contributed by atoms with E-state index in [0.29, 0.717) is 23.4 Å². The molecule has 1 aromatic carbocycles. The predicted molar refractivity (Wildman–Crippen MR) is 102 cm³/mol. The molecule has 1 unspecified atom stereocenters. The summed E-state index contributed by atoms with van der Waals surface area (Å²) in [6.45, 7) is 3.97. The van der Waals surface area contributed by atoms with Crippen LogP contribution in [0.1, 0.15) is 36.3 Å². The maximum absolute atomic E-state index is 13.3. The highest BCUT2D eigenvalue weighted by Crippen LogP contribution is 2.22. The number of hydrogen-bond acceptors (Lipinski definition) is 6. The van der Waals surface area contributed by atoms with Crippen molar-refractivity contribution in [3.05, 3.63) is 60.0 Å². The van der Waals surface area contributed by atoms with Crippen molar-refractivity contribution in [2.45, 2.75) is 39.1 Å². The van der Waals surface area contributed by atoms with Crippen LogP contribution in [0.3, 0.4) is 0 Å². The lowest BCUT2D eigenvalue weighted by atomic mass is 9.92. The summed E-state index contributed by atoms with van der Waals surface area (Å²) < 4.78 is 7.45. The number of fused-ring (bicyclic) bond motifs is 1. The van der Waals surface area contributed by atoms with Gasteiger partial charge >= 0.3 is 0 Å². The lowest BCUT2D eigenvalue weighted by molar-refractivity contribution is -0.0257. The van der Waals surface area contributed by atoms with Gasteiger partial charge in [0.15, 0.2) is 5.82 Å². The minimum atomic E-state index is -0.811. The second-order valence-corrected chi connectivity index (χ2v) is 6.58. The molecule has 3 aromatic rings. The van der Waals surface area contributed by atoms with E-state index in [1.807, 2.05) is 44.2 Å². The van der Waals surface area contributed by atoms with E-state index in [-0.39, 0.29) is 18.3 Å². The van der Waals surface area contributed by atoms with Crippen molar-refractivity contribution in [2.24, 2.45) is 5.92 Å². The molecule has 0 aliphatic heterocycles. The molecular formula is C20H24N4O3. The van der Waals surface area contributed by atoms with Crippen LogP contribution >= 0.6 is 0 Å². The van der Waals surface area contributed by atoms with Gasteiger partial charge in [-0.25, -0.2) is 9.50 Å². The molecule has 2 heterocycles. The van der Waals surface area contributed by atoms with Crippen LogP contribution < -0.4 is 5.73 Å². The number of anilines is 1. The number of nitrogens with zero attached hydrogens (tertiary/aromatic N) is 3. The topological polar surface area (TPSA) is 103 Å². The summed E-state index contributed by atoms with van der Waals surface area (Å²) in [5, 5.41) is 14.4. The molecule has 0 saturated heterocycles. The minimum Gasteiger partial charge on any atom is -0.393 e. The molecule has 0 amide bonds. The van der Waals surface area contributed by atoms with Gasteiger partial charge in [0.05, 0.1) is 12.7 Å². The van der Waals surface area contributed by atoms with Crippen LogP contribution in [-0.2, 0) is 11.3 Å². The fraction of sp³-hybridized carbons (Fsp3) is 0.350. The molecule has 0 fully saturated rings. The Bertz CT molecular complexity index is 910. The summed E-state index contributed by atoms with van der Waals surface area (Å²) in [7, 11) is 0. The monoisotopic (exact) mass is 368 g/mol. The number of ether oxygens (including phenoxy) is 1. The van der Waals surface area contributed by atoms with E-state index in [2.05, 4.69) is 10.1 Å². The zero-order valence-corrected chi connectivity index (χ0v) is 15.4. The maximum atomic E-state index is 13.3. The number of ketones is 1. The zero-order valence-electron chi connectivity index (χ0n) is 15.4. The van der Waals surface area contributed by atoms with Gasteiger partial charge in [-0.15, -0.1) is 0 Å². The normalized spacial score (nSPS) is 14.8. The number of hydrogen-bond donors (Lipinski definition) is 2. The third kappa shape index (κ3) is 3.99. The molecular weight excluding hydrogens is 344 g/mol. The van der Waals surface area contributed by atoms with E-state index in [4.69, 9.17) is 10.5 Å². The van der Waals surface area contributed by atoms with E-state index in [1.54, 1.807) is 12.1 Å². The summed E-state index contributed by atoms with van der Waals surface area (Å²) in [6, 6.07) is 13.0. The van der Waals surface area contributed by atoms with Gasteiger partial charge in [-0.2, -0.15) is 5.10 Å². The van der Waals surface area contributed by atoms with Gasteiger partial charge in [0, 0.05) is 5.92 Å². The summed E-state index contributed by atoms with van der Waals surface area (Å²) in [4.78, 5) is 17.2. The second kappa shape index (κ2) is 8.28. The summed E-state index contributed by atoms with van der Waals surface area (Å²) >= 11 is 0. The van der Waals surface area contributed by atoms with Gasteiger partial charge < -0.3 is 15.6 Å². The smallest absolute Gasteiger partial charge is 0.210 e. The van der Waals surface area contributed by atoms with E-state index in [0.717, 1.165) is 5.56 Å². The largest absolute Gasteiger partial charge is 0.393 e. The minimum absolute atomic E-state index is 0.246. The number of carbonyl (C=O) groups is 1. The summed E-state index contributed by atoms with van der Waals surface area (Å²) in [5.74, 6) is -0.326. The van der Waals surface area contributed by atoms with Crippen LogP contribution in [-0.4, -0.2) is 37.7 Å². The fourth-order valence-corrected chi connectivity index (χ4v) is 3.09. The van der Waals surface area contributed by atoms with Crippen LogP contribution in [0, 0.1) is 5.92 Å². The molecule has 0 bridgehead atoms. The van der Waals surface area contributed by atoms with Crippen LogP contribution in [0.5, 0.6) is 0 Å². The number of Topliss-reactive ketones (excluding diaryl/α,β-unsaturated/α-hetero) is 1. The SMILES string of the molecule is CC[C@@H](O)[C@@H](C)C(OCc1ccccc1)C(=O)c1ccc2c(N)ncnn12. The quantitative estimate of drug-likeness (QED) is 0.592. The lowest BCUT2D eigenvalue weighted by Gasteiger charge is -2.26. The highest BCUT2D eigenvalue weighted by atomic mass is 16.5. The third-order valence-corrected chi connectivity index (χ3v) is 4.77. The van der Waals surface area contributed by atoms with Crippen LogP contribution in [0.2, 0.25) is 0 Å². The van der Waals surface area contributed by atoms with Gasteiger partial charge in [0.1, 0.15) is 23.6 Å². The molecule has 142 valence electrons. The molecule has 0 radical (unpaired) electrons. The Morgan fingerprint density at radius 1 is 1.26 bits per heavy atom. The molecule has 3 rings (SSSR count). The van der Waals surface area contributed by atoms with E-state index in [9.17, 15) is 9.90 Å². The van der Waals surface area contributed by atoms with Gasteiger partial charge in [-0.05, 0) is 24.1 Å². The van der Waals surface area contributed by atoms with Crippen molar-refractivity contribution < 1.29 is 14.6 Å². The first-order valence-electron chi connectivity index (χ1n) is 8.99. The standard InChI is InChI=1S/C20H24N4O3/c1-3-17(25)13(2)19(27-11-14-7-5-4-6-8-14)18(26)15-9-10-16-20(21)22-12-23-24(15)16/h4-10,12-13,17,19,25H,3,11H2,1-2H3,(H2,21,22,23)/t13-,17-,19?/m1/s1. The molecule has 3 N–H and O–H groups in total. The van der Waals surface area contributed by atoms with Crippen molar-refractivity contribution in [3.8, 4) is 0 Å². The molecule has 7 nitrogen and oxygen atoms in total. The van der Waals surface area contributed by atoms with Gasteiger partial charge in [0.25, 0.3) is 0 Å². The van der Waals surface area contributed by atoms with E-state index in [1.165, 1.54) is 10.8 Å². The summed E-state index contributed by atoms with van der Waals surface area (Å²) in [5.41, 5.74) is 7.73. The highest BCUT2D eigenvalue weighted by Gasteiger charge is 2.32. The van der Waals surface area contributed by atoms with Crippen molar-refractivity contribution in [2.75, 3.05) is 5.73 Å². The first-order chi connectivity index (χ1) is 13.0. The number of nitrogens with two attached hydrogens (primary N) is 1. The molecule has 3 atom stereocenters. The van der Waals surface area contributed by atoms with E-state index >= 15 is 0 Å². The predicted octanol–water partition coefficient (Wildman–Crippen LogP) is 2.49. The van der Waals surface area contributed by atoms with Crippen LogP contribution in [0.4, 0.5) is 5.82 Å². The van der Waals surface area contributed by atoms with Crippen molar-refractivity contribution in [1.82, 2.24) is 14.6 Å². The number of aliphatic hydroxyl groups is 1. The summed E-state index contributed by atoms with van der Waals surface area (Å²) in [6.07, 6.45) is 0.377. The van der Waals surface area contributed by atoms with Crippen LogP contribution in [0.15, 0.2) is 48.8 Å². The number of carbonyl (C=O) groups excluding carboxylic acids is 1. The van der Waals surface area contributed by atoms with E-state index < -0.39 is 12.2 Å². The van der Waals surface area contributed by atoms with Gasteiger partial charge in [0.2, 0.25) is 5.78 Å². The van der Waals surface area contributed by atoms with Crippen molar-refractivity contribution >= 4 is 17.1 Å². The molecule has 0 spiro atoms. The average Bonchev–Trinajstić information content (AvgIpc) is 3.13. The number of rotatable bonds is 8. The number of aliphatic hydroxyl groups excluding tert-OH is 1. The Hall–Kier alpha value is -2.77. The molecule has 0 aliphatic rings. The Morgan fingerprint density at radius 3 is 2.70 bits per heavy atom. The Morgan fingerprint density at radius 2 is 2.00 bits per heavy atom.